The van der Waals surface area contributed by atoms with Crippen LogP contribution in [0.25, 0.3) is 0 Å². The monoisotopic (exact) mass is 425 g/mol. The molecule has 1 aliphatic rings. The van der Waals surface area contributed by atoms with Crippen LogP contribution in [0.5, 0.6) is 6.01 Å². The molecule has 1 fully saturated rings. The molecule has 156 valence electrons. The molecule has 0 aliphatic carbocycles. The van der Waals surface area contributed by atoms with E-state index in [1.165, 1.54) is 23.1 Å². The molecule has 3 rings (SSSR count). The van der Waals surface area contributed by atoms with E-state index in [1.54, 1.807) is 12.4 Å². The van der Waals surface area contributed by atoms with Crippen LogP contribution >= 0.6 is 0 Å². The summed E-state index contributed by atoms with van der Waals surface area (Å²) in [5, 5.41) is 0. The van der Waals surface area contributed by atoms with Crippen molar-refractivity contribution in [1.82, 2.24) is 14.9 Å². The predicted octanol–water partition coefficient (Wildman–Crippen LogP) is 2.72. The van der Waals surface area contributed by atoms with Gasteiger partial charge in [0.15, 0.2) is 0 Å². The number of ether oxygens (including phenoxy) is 1. The molecule has 1 aliphatic heterocycles. The number of hydrogen-bond donors (Lipinski definition) is 0. The van der Waals surface area contributed by atoms with Crippen molar-refractivity contribution in [2.75, 3.05) is 13.1 Å². The third kappa shape index (κ3) is 4.69. The van der Waals surface area contributed by atoms with Gasteiger partial charge in [-0.1, -0.05) is 19.1 Å². The highest BCUT2D eigenvalue weighted by atomic mass is 32.2. The van der Waals surface area contributed by atoms with Crippen molar-refractivity contribution in [3.8, 4) is 6.01 Å². The first-order valence-electron chi connectivity index (χ1n) is 9.21. The maximum absolute atomic E-state index is 13.0. The fourth-order valence-corrected chi connectivity index (χ4v) is 4.03. The molecule has 1 saturated heterocycles. The van der Waals surface area contributed by atoms with Crippen LogP contribution in [0.15, 0.2) is 41.6 Å². The lowest BCUT2D eigenvalue weighted by atomic mass is 10.1. The molecule has 2 heterocycles. The molecule has 1 unspecified atom stereocenters. The molecular weight excluding hydrogens is 404 g/mol. The van der Waals surface area contributed by atoms with E-state index in [9.17, 15) is 22.0 Å². The number of piperidine rings is 1. The molecule has 1 atom stereocenters. The second-order valence-corrected chi connectivity index (χ2v) is 8.55. The first-order chi connectivity index (χ1) is 13.8. The van der Waals surface area contributed by atoms with E-state index in [0.717, 1.165) is 18.1 Å². The fraction of sp³-hybridized carbons (Fsp3) is 0.421. The zero-order chi connectivity index (χ0) is 21.0. The lowest BCUT2D eigenvalue weighted by Gasteiger charge is -2.32. The van der Waals surface area contributed by atoms with Gasteiger partial charge < -0.3 is 9.64 Å². The van der Waals surface area contributed by atoms with Gasteiger partial charge in [-0.15, -0.1) is 0 Å². The molecule has 0 bridgehead atoms. The smallest absolute Gasteiger partial charge is 0.341 e. The van der Waals surface area contributed by atoms with Crippen molar-refractivity contribution in [3.63, 3.8) is 0 Å². The molecule has 1 aromatic carbocycles. The minimum absolute atomic E-state index is 0.181. The molecular formula is C19H21F2N3O4S. The molecule has 0 spiro atoms. The summed E-state index contributed by atoms with van der Waals surface area (Å²) in [5.74, 6) is -4.22. The highest BCUT2D eigenvalue weighted by Crippen LogP contribution is 2.25. The summed E-state index contributed by atoms with van der Waals surface area (Å²) in [4.78, 5) is 21.9. The number of alkyl halides is 2. The van der Waals surface area contributed by atoms with Crippen LogP contribution in [0, 0.1) is 0 Å². The number of hydrogen-bond acceptors (Lipinski definition) is 6. The number of rotatable bonds is 6. The number of benzene rings is 1. The number of amides is 1. The van der Waals surface area contributed by atoms with E-state index in [-0.39, 0.29) is 24.2 Å². The van der Waals surface area contributed by atoms with Gasteiger partial charge in [0, 0.05) is 18.9 Å². The van der Waals surface area contributed by atoms with Gasteiger partial charge in [-0.3, -0.25) is 4.79 Å². The summed E-state index contributed by atoms with van der Waals surface area (Å²) in [6.45, 7) is 2.54. The number of carbonyl (C=O) groups is 1. The van der Waals surface area contributed by atoms with Gasteiger partial charge in [-0.2, -0.15) is 8.78 Å². The Labute approximate surface area is 167 Å². The zero-order valence-electron chi connectivity index (χ0n) is 15.8. The van der Waals surface area contributed by atoms with E-state index in [1.807, 2.05) is 6.92 Å². The molecule has 7 nitrogen and oxygen atoms in total. The van der Waals surface area contributed by atoms with E-state index in [2.05, 4.69) is 9.97 Å². The van der Waals surface area contributed by atoms with Crippen molar-refractivity contribution >= 4 is 15.7 Å². The molecule has 1 aromatic heterocycles. The number of carbonyl (C=O) groups excluding carboxylic acids is 1. The number of aryl methyl sites for hydroxylation is 1. The Morgan fingerprint density at radius 2 is 1.97 bits per heavy atom. The van der Waals surface area contributed by atoms with E-state index in [0.29, 0.717) is 19.4 Å². The van der Waals surface area contributed by atoms with Gasteiger partial charge in [0.05, 0.1) is 17.0 Å². The Morgan fingerprint density at radius 1 is 1.28 bits per heavy atom. The van der Waals surface area contributed by atoms with E-state index >= 15 is 0 Å². The molecule has 0 radical (unpaired) electrons. The Bertz CT molecular complexity index is 968. The van der Waals surface area contributed by atoms with Crippen LogP contribution in [0.4, 0.5) is 8.78 Å². The van der Waals surface area contributed by atoms with Crippen LogP contribution < -0.4 is 4.74 Å². The summed E-state index contributed by atoms with van der Waals surface area (Å²) < 4.78 is 55.6. The zero-order valence-corrected chi connectivity index (χ0v) is 16.6. The van der Waals surface area contributed by atoms with Crippen molar-refractivity contribution in [2.24, 2.45) is 0 Å². The number of nitrogens with zero attached hydrogens (tertiary/aromatic N) is 3. The Morgan fingerprint density at radius 3 is 2.62 bits per heavy atom. The molecule has 1 amide bonds. The summed E-state index contributed by atoms with van der Waals surface area (Å²) in [6, 6.07) is 5.22. The van der Waals surface area contributed by atoms with Gasteiger partial charge in [-0.25, -0.2) is 18.4 Å². The number of sulfone groups is 1. The molecule has 29 heavy (non-hydrogen) atoms. The van der Waals surface area contributed by atoms with Crippen molar-refractivity contribution in [3.05, 3.63) is 47.8 Å². The van der Waals surface area contributed by atoms with Crippen LogP contribution in [0.3, 0.4) is 0 Å². The third-order valence-electron chi connectivity index (χ3n) is 4.69. The van der Waals surface area contributed by atoms with Crippen LogP contribution in [0.2, 0.25) is 0 Å². The molecule has 0 N–H and O–H groups in total. The fourth-order valence-electron chi connectivity index (χ4n) is 3.11. The highest BCUT2D eigenvalue weighted by Gasteiger charge is 2.33. The van der Waals surface area contributed by atoms with Crippen LogP contribution in [0.1, 0.15) is 35.7 Å². The average molecular weight is 425 g/mol. The summed E-state index contributed by atoms with van der Waals surface area (Å²) in [6.07, 6.45) is 5.04. The maximum atomic E-state index is 13.0. The standard InChI is InChI=1S/C19H21F2N3O4S/c1-2-13-10-22-19(23-11-13)28-14-6-5-9-24(12-14)17(25)15-7-3-4-8-16(15)29(26,27)18(20)21/h3-4,7-8,10-11,14,18H,2,5-6,9,12H2,1H3. The Kier molecular flexibility index (Phi) is 6.41. The third-order valence-corrected chi connectivity index (χ3v) is 6.12. The van der Waals surface area contributed by atoms with Crippen LogP contribution in [-0.4, -0.2) is 54.1 Å². The van der Waals surface area contributed by atoms with Gasteiger partial charge in [0.1, 0.15) is 6.10 Å². The normalized spacial score (nSPS) is 17.4. The van der Waals surface area contributed by atoms with Gasteiger partial charge >= 0.3 is 11.8 Å². The molecule has 2 aromatic rings. The predicted molar refractivity (Wildman–Crippen MR) is 101 cm³/mol. The number of halogens is 2. The highest BCUT2D eigenvalue weighted by molar-refractivity contribution is 7.91. The number of aromatic nitrogens is 2. The molecule has 0 saturated carbocycles. The average Bonchev–Trinajstić information content (AvgIpc) is 2.74. The lowest BCUT2D eigenvalue weighted by Crippen LogP contribution is -2.45. The van der Waals surface area contributed by atoms with E-state index in [4.69, 9.17) is 4.74 Å². The van der Waals surface area contributed by atoms with Crippen molar-refractivity contribution in [1.29, 1.82) is 0 Å². The Hall–Kier alpha value is -2.62. The minimum atomic E-state index is -4.89. The second kappa shape index (κ2) is 8.81. The SMILES string of the molecule is CCc1cnc(OC2CCCN(C(=O)c3ccccc3S(=O)(=O)C(F)F)C2)nc1. The van der Waals surface area contributed by atoms with Crippen molar-refractivity contribution < 1.29 is 26.7 Å². The first-order valence-corrected chi connectivity index (χ1v) is 10.8. The Balaban J connectivity index is 1.76. The number of likely N-dealkylation sites (tertiary alicyclic amines) is 1. The van der Waals surface area contributed by atoms with Crippen LogP contribution in [-0.2, 0) is 16.3 Å². The molecule has 10 heteroatoms. The lowest BCUT2D eigenvalue weighted by molar-refractivity contribution is 0.0512. The van der Waals surface area contributed by atoms with Gasteiger partial charge in [0.2, 0.25) is 9.84 Å². The van der Waals surface area contributed by atoms with Gasteiger partial charge in [-0.05, 0) is 37.0 Å². The summed E-state index contributed by atoms with van der Waals surface area (Å²) >= 11 is 0. The second-order valence-electron chi connectivity index (χ2n) is 6.66. The summed E-state index contributed by atoms with van der Waals surface area (Å²) in [5.41, 5.74) is 0.701. The quantitative estimate of drug-likeness (QED) is 0.707. The first kappa shape index (κ1) is 21.1. The summed E-state index contributed by atoms with van der Waals surface area (Å²) in [7, 11) is -4.89. The van der Waals surface area contributed by atoms with Crippen molar-refractivity contribution in [2.45, 2.75) is 42.9 Å². The minimum Gasteiger partial charge on any atom is -0.458 e. The topological polar surface area (TPSA) is 89.5 Å². The largest absolute Gasteiger partial charge is 0.458 e. The van der Waals surface area contributed by atoms with Gasteiger partial charge in [0.25, 0.3) is 5.91 Å². The maximum Gasteiger partial charge on any atom is 0.341 e. The van der Waals surface area contributed by atoms with E-state index < -0.39 is 26.4 Å².